The van der Waals surface area contributed by atoms with Crippen LogP contribution in [0.25, 0.3) is 10.2 Å². The first-order valence-corrected chi connectivity index (χ1v) is 10.9. The van der Waals surface area contributed by atoms with E-state index >= 15 is 0 Å². The summed E-state index contributed by atoms with van der Waals surface area (Å²) in [6.07, 6.45) is 1.73. The molecular weight excluding hydrogens is 410 g/mol. The Balaban J connectivity index is 1.85. The van der Waals surface area contributed by atoms with Gasteiger partial charge in [0.25, 0.3) is 5.91 Å². The summed E-state index contributed by atoms with van der Waals surface area (Å²) in [6, 6.07) is 11.5. The summed E-state index contributed by atoms with van der Waals surface area (Å²) in [7, 11) is 1.63. The maximum atomic E-state index is 13.8. The number of ether oxygens (including phenoxy) is 1. The van der Waals surface area contributed by atoms with Crippen LogP contribution in [-0.4, -0.2) is 32.8 Å². The summed E-state index contributed by atoms with van der Waals surface area (Å²) in [4.78, 5) is 24.7. The van der Waals surface area contributed by atoms with Crippen LogP contribution in [0.1, 0.15) is 47.3 Å². The van der Waals surface area contributed by atoms with Crippen molar-refractivity contribution in [1.29, 1.82) is 0 Å². The number of aromatic nitrogens is 4. The lowest BCUT2D eigenvalue weighted by molar-refractivity contribution is 0.0972. The second kappa shape index (κ2) is 8.47. The molecule has 31 heavy (non-hydrogen) atoms. The molecule has 0 fully saturated rings. The van der Waals surface area contributed by atoms with Gasteiger partial charge < -0.3 is 4.74 Å². The SMILES string of the molecule is COc1ccc(C)c2sc(N(Cc3ccccn3)C(=O)c3cc(C)nn3C(C)C)nc12. The third-order valence-corrected chi connectivity index (χ3v) is 6.21. The van der Waals surface area contributed by atoms with Gasteiger partial charge in [-0.25, -0.2) is 4.98 Å². The molecule has 1 aromatic carbocycles. The molecule has 160 valence electrons. The molecule has 0 radical (unpaired) electrons. The molecular formula is C23H25N5O2S. The fraction of sp³-hybridized carbons (Fsp3) is 0.304. The van der Waals surface area contributed by atoms with Crippen molar-refractivity contribution in [2.75, 3.05) is 12.0 Å². The van der Waals surface area contributed by atoms with Crippen LogP contribution in [0.5, 0.6) is 5.75 Å². The highest BCUT2D eigenvalue weighted by molar-refractivity contribution is 7.22. The van der Waals surface area contributed by atoms with Crippen LogP contribution in [0.2, 0.25) is 0 Å². The van der Waals surface area contributed by atoms with Gasteiger partial charge in [-0.15, -0.1) is 0 Å². The number of anilines is 1. The van der Waals surface area contributed by atoms with Crippen molar-refractivity contribution in [2.24, 2.45) is 0 Å². The zero-order valence-electron chi connectivity index (χ0n) is 18.3. The van der Waals surface area contributed by atoms with Crippen LogP contribution in [0.15, 0.2) is 42.6 Å². The molecule has 0 saturated carbocycles. The zero-order valence-corrected chi connectivity index (χ0v) is 19.1. The number of benzene rings is 1. The highest BCUT2D eigenvalue weighted by Crippen LogP contribution is 2.37. The standard InChI is InChI=1S/C23H25N5O2S/c1-14(2)28-18(12-16(4)26-28)22(29)27(13-17-8-6-7-11-24-17)23-25-20-19(30-5)10-9-15(3)21(20)31-23/h6-12,14H,13H2,1-5H3. The number of nitrogens with zero attached hydrogens (tertiary/aromatic N) is 5. The highest BCUT2D eigenvalue weighted by Gasteiger charge is 2.27. The maximum Gasteiger partial charge on any atom is 0.278 e. The smallest absolute Gasteiger partial charge is 0.278 e. The van der Waals surface area contributed by atoms with Gasteiger partial charge in [0.05, 0.1) is 29.7 Å². The molecule has 0 bridgehead atoms. The normalized spacial score (nSPS) is 11.3. The molecule has 4 rings (SSSR count). The van der Waals surface area contributed by atoms with Crippen molar-refractivity contribution in [3.05, 3.63) is 65.2 Å². The van der Waals surface area contributed by atoms with Gasteiger partial charge in [-0.2, -0.15) is 5.10 Å². The van der Waals surface area contributed by atoms with Gasteiger partial charge in [0.15, 0.2) is 5.13 Å². The molecule has 0 unspecified atom stereocenters. The predicted molar refractivity (Wildman–Crippen MR) is 123 cm³/mol. The van der Waals surface area contributed by atoms with E-state index in [0.29, 0.717) is 23.1 Å². The topological polar surface area (TPSA) is 73.1 Å². The van der Waals surface area contributed by atoms with E-state index in [1.54, 1.807) is 22.9 Å². The average Bonchev–Trinajstić information content (AvgIpc) is 3.37. The van der Waals surface area contributed by atoms with Gasteiger partial charge in [-0.1, -0.05) is 23.5 Å². The lowest BCUT2D eigenvalue weighted by Gasteiger charge is -2.21. The summed E-state index contributed by atoms with van der Waals surface area (Å²) in [5.74, 6) is 0.534. The Hall–Kier alpha value is -3.26. The third kappa shape index (κ3) is 4.03. The Morgan fingerprint density at radius 1 is 1.23 bits per heavy atom. The number of thiazole rings is 1. The van der Waals surface area contributed by atoms with Gasteiger partial charge in [0, 0.05) is 12.2 Å². The van der Waals surface area contributed by atoms with Crippen LogP contribution in [0, 0.1) is 13.8 Å². The molecule has 0 aliphatic rings. The van der Waals surface area contributed by atoms with Crippen molar-refractivity contribution < 1.29 is 9.53 Å². The fourth-order valence-corrected chi connectivity index (χ4v) is 4.52. The first kappa shape index (κ1) is 21.0. The number of fused-ring (bicyclic) bond motifs is 1. The van der Waals surface area contributed by atoms with Gasteiger partial charge in [0.1, 0.15) is 17.0 Å². The molecule has 0 aliphatic carbocycles. The Morgan fingerprint density at radius 2 is 2.03 bits per heavy atom. The molecule has 0 spiro atoms. The molecule has 3 heterocycles. The van der Waals surface area contributed by atoms with E-state index in [1.165, 1.54) is 11.3 Å². The third-order valence-electron chi connectivity index (χ3n) is 5.00. The quantitative estimate of drug-likeness (QED) is 0.429. The predicted octanol–water partition coefficient (Wildman–Crippen LogP) is 4.94. The summed E-state index contributed by atoms with van der Waals surface area (Å²) in [6.45, 7) is 8.26. The van der Waals surface area contributed by atoms with E-state index in [0.717, 1.165) is 27.2 Å². The number of hydrogen-bond acceptors (Lipinski definition) is 6. The number of amides is 1. The van der Waals surface area contributed by atoms with Crippen molar-refractivity contribution in [2.45, 2.75) is 40.3 Å². The fourth-order valence-electron chi connectivity index (χ4n) is 3.47. The minimum atomic E-state index is -0.157. The van der Waals surface area contributed by atoms with Crippen LogP contribution in [0.4, 0.5) is 5.13 Å². The summed E-state index contributed by atoms with van der Waals surface area (Å²) < 4.78 is 8.27. The molecule has 0 atom stereocenters. The van der Waals surface area contributed by atoms with Crippen LogP contribution in [0.3, 0.4) is 0 Å². The van der Waals surface area contributed by atoms with E-state index < -0.39 is 0 Å². The first-order chi connectivity index (χ1) is 14.9. The minimum absolute atomic E-state index is 0.0575. The number of carbonyl (C=O) groups is 1. The number of pyridine rings is 1. The first-order valence-electron chi connectivity index (χ1n) is 10.1. The van der Waals surface area contributed by atoms with E-state index in [2.05, 4.69) is 10.1 Å². The number of methoxy groups -OCH3 is 1. The highest BCUT2D eigenvalue weighted by atomic mass is 32.1. The molecule has 0 aliphatic heterocycles. The van der Waals surface area contributed by atoms with Crippen molar-refractivity contribution in [3.8, 4) is 5.75 Å². The van der Waals surface area contributed by atoms with Gasteiger partial charge in [-0.3, -0.25) is 19.4 Å². The van der Waals surface area contributed by atoms with E-state index in [1.807, 2.05) is 64.1 Å². The van der Waals surface area contributed by atoms with Gasteiger partial charge in [-0.05, 0) is 57.5 Å². The minimum Gasteiger partial charge on any atom is -0.494 e. The maximum absolute atomic E-state index is 13.8. The molecule has 8 heteroatoms. The zero-order chi connectivity index (χ0) is 22.1. The van der Waals surface area contributed by atoms with Gasteiger partial charge in [0.2, 0.25) is 0 Å². The Kier molecular flexibility index (Phi) is 5.73. The molecule has 3 aromatic heterocycles. The van der Waals surface area contributed by atoms with Crippen LogP contribution >= 0.6 is 11.3 Å². The molecule has 7 nitrogen and oxygen atoms in total. The summed E-state index contributed by atoms with van der Waals surface area (Å²) in [5, 5.41) is 5.12. The lowest BCUT2D eigenvalue weighted by atomic mass is 10.2. The van der Waals surface area contributed by atoms with E-state index in [4.69, 9.17) is 9.72 Å². The summed E-state index contributed by atoms with van der Waals surface area (Å²) >= 11 is 1.48. The number of carbonyl (C=O) groups excluding carboxylic acids is 1. The second-order valence-corrected chi connectivity index (χ2v) is 8.66. The van der Waals surface area contributed by atoms with E-state index in [9.17, 15) is 4.79 Å². The Labute approximate surface area is 185 Å². The molecule has 0 N–H and O–H groups in total. The van der Waals surface area contributed by atoms with Crippen molar-refractivity contribution in [1.82, 2.24) is 19.7 Å². The molecule has 0 saturated heterocycles. The Bertz CT molecular complexity index is 1230. The van der Waals surface area contributed by atoms with E-state index in [-0.39, 0.29) is 11.9 Å². The van der Waals surface area contributed by atoms with Crippen LogP contribution in [-0.2, 0) is 6.54 Å². The van der Waals surface area contributed by atoms with Gasteiger partial charge >= 0.3 is 0 Å². The van der Waals surface area contributed by atoms with Crippen LogP contribution < -0.4 is 9.64 Å². The van der Waals surface area contributed by atoms with Crippen molar-refractivity contribution >= 4 is 32.6 Å². The summed E-state index contributed by atoms with van der Waals surface area (Å²) in [5.41, 5.74) is 3.97. The Morgan fingerprint density at radius 3 is 2.71 bits per heavy atom. The number of aryl methyl sites for hydroxylation is 2. The largest absolute Gasteiger partial charge is 0.494 e. The monoisotopic (exact) mass is 435 g/mol. The second-order valence-electron chi connectivity index (χ2n) is 7.68. The number of rotatable bonds is 6. The van der Waals surface area contributed by atoms with Crippen molar-refractivity contribution in [3.63, 3.8) is 0 Å². The molecule has 4 aromatic rings. The average molecular weight is 436 g/mol. The molecule has 1 amide bonds. The number of hydrogen-bond donors (Lipinski definition) is 0. The lowest BCUT2D eigenvalue weighted by Crippen LogP contribution is -2.32.